The number of hydrogen-bond acceptors (Lipinski definition) is 4. The Morgan fingerprint density at radius 3 is 1.76 bits per heavy atom. The molecule has 2 amide bonds. The number of nitrogens with zero attached hydrogens (tertiary/aromatic N) is 1. The van der Waals surface area contributed by atoms with E-state index in [-0.39, 0.29) is 34.7 Å². The van der Waals surface area contributed by atoms with E-state index in [1.54, 1.807) is 6.92 Å². The zero-order valence-electron chi connectivity index (χ0n) is 42.6. The van der Waals surface area contributed by atoms with Crippen LogP contribution in [0.25, 0.3) is 0 Å². The summed E-state index contributed by atoms with van der Waals surface area (Å²) in [6.07, 6.45) is 15.9. The number of amides is 2. The van der Waals surface area contributed by atoms with Gasteiger partial charge in [0.1, 0.15) is 6.61 Å². The summed E-state index contributed by atoms with van der Waals surface area (Å²) in [5, 5.41) is 6.62. The average Bonchev–Trinajstić information content (AvgIpc) is 3.45. The number of likely N-dealkylation sites (tertiary alicyclic amines) is 1. The van der Waals surface area contributed by atoms with Crippen molar-refractivity contribution in [2.75, 3.05) is 13.2 Å². The first-order valence-electron chi connectivity index (χ1n) is 23.4. The predicted molar refractivity (Wildman–Crippen MR) is 261 cm³/mol. The minimum atomic E-state index is -0.152. The number of terminal acetylenes is 1. The van der Waals surface area contributed by atoms with Gasteiger partial charge in [-0.3, -0.25) is 4.79 Å². The minimum absolute atomic E-state index is 0.0139. The van der Waals surface area contributed by atoms with Gasteiger partial charge < -0.3 is 20.3 Å². The number of ketones is 1. The Labute approximate surface area is 368 Å². The van der Waals surface area contributed by atoms with Crippen molar-refractivity contribution < 1.29 is 14.3 Å². The molecule has 0 aromatic carbocycles. The number of allylic oxidation sites excluding steroid dienone is 2. The third kappa shape index (κ3) is 22.5. The van der Waals surface area contributed by atoms with Gasteiger partial charge in [0, 0.05) is 25.1 Å². The lowest BCUT2D eigenvalue weighted by Crippen LogP contribution is -2.58. The lowest BCUT2D eigenvalue weighted by molar-refractivity contribution is -0.116. The fraction of sp³-hybridized carbons (Fsp3) is 0.774. The quantitative estimate of drug-likeness (QED) is 0.0747. The van der Waals surface area contributed by atoms with Gasteiger partial charge in [0.05, 0.1) is 23.9 Å². The molecule has 2 N–H and O–H groups in total. The highest BCUT2D eigenvalue weighted by Crippen LogP contribution is 2.66. The number of nitrogens with one attached hydrogen (secondary N) is 2. The molecule has 0 aromatic heterocycles. The maximum absolute atomic E-state index is 13.5. The SMILES string of the molecule is C#CCCC(C)CC(=O)C(=C)C.C=C(C)OCC(NC(=O)NC(C(=C)N1C[C@H]2[C@@H](C1C(=C)C)C2(C)C)C1(C)CCCCC1)C(C)(C)C.CC.CC.CC(C)C.CCCC. The second-order valence-corrected chi connectivity index (χ2v) is 19.6. The summed E-state index contributed by atoms with van der Waals surface area (Å²) in [7, 11) is 0. The van der Waals surface area contributed by atoms with Crippen LogP contribution in [0, 0.1) is 52.3 Å². The van der Waals surface area contributed by atoms with Gasteiger partial charge >= 0.3 is 6.03 Å². The zero-order chi connectivity index (χ0) is 46.9. The maximum Gasteiger partial charge on any atom is 0.315 e. The Morgan fingerprint density at radius 2 is 1.37 bits per heavy atom. The first-order valence-corrected chi connectivity index (χ1v) is 23.4. The number of unbranched alkanes of at least 4 members (excludes halogenated alkanes) is 1. The summed E-state index contributed by atoms with van der Waals surface area (Å²) >= 11 is 0. The third-order valence-electron chi connectivity index (χ3n) is 11.5. The van der Waals surface area contributed by atoms with E-state index >= 15 is 0 Å². The van der Waals surface area contributed by atoms with Crippen LogP contribution in [0.1, 0.15) is 196 Å². The van der Waals surface area contributed by atoms with Crippen molar-refractivity contribution in [3.63, 3.8) is 0 Å². The van der Waals surface area contributed by atoms with E-state index < -0.39 is 0 Å². The van der Waals surface area contributed by atoms with Crippen molar-refractivity contribution in [3.05, 3.63) is 48.9 Å². The molecule has 0 bridgehead atoms. The maximum atomic E-state index is 13.5. The molecule has 1 aliphatic heterocycles. The molecule has 4 unspecified atom stereocenters. The van der Waals surface area contributed by atoms with Gasteiger partial charge in [0.2, 0.25) is 0 Å². The van der Waals surface area contributed by atoms with Crippen molar-refractivity contribution in [2.24, 2.45) is 39.9 Å². The largest absolute Gasteiger partial charge is 0.497 e. The van der Waals surface area contributed by atoms with Crippen molar-refractivity contribution in [1.29, 1.82) is 0 Å². The Balaban J connectivity index is -0.00000108. The van der Waals surface area contributed by atoms with Gasteiger partial charge in [-0.2, -0.15) is 0 Å². The molecule has 3 aliphatic rings. The van der Waals surface area contributed by atoms with Gasteiger partial charge in [-0.1, -0.05) is 175 Å². The van der Waals surface area contributed by atoms with Crippen LogP contribution in [0.2, 0.25) is 0 Å². The molecule has 0 spiro atoms. The third-order valence-corrected chi connectivity index (χ3v) is 11.5. The molecule has 6 atom stereocenters. The number of rotatable bonds is 15. The normalized spacial score (nSPS) is 20.5. The van der Waals surface area contributed by atoms with Gasteiger partial charge in [-0.25, -0.2) is 4.79 Å². The van der Waals surface area contributed by atoms with E-state index in [1.807, 2.05) is 41.5 Å². The summed E-state index contributed by atoms with van der Waals surface area (Å²) in [6, 6.07) is -0.110. The number of ether oxygens (including phenoxy) is 1. The molecule has 3 fully saturated rings. The van der Waals surface area contributed by atoms with E-state index in [0.717, 1.165) is 43.8 Å². The molecule has 2 aliphatic carbocycles. The van der Waals surface area contributed by atoms with E-state index in [1.165, 1.54) is 37.7 Å². The van der Waals surface area contributed by atoms with Crippen LogP contribution in [0.5, 0.6) is 0 Å². The molecule has 3 rings (SSSR count). The molecule has 0 aromatic rings. The highest BCUT2D eigenvalue weighted by molar-refractivity contribution is 5.94. The molecule has 2 saturated carbocycles. The topological polar surface area (TPSA) is 70.7 Å². The van der Waals surface area contributed by atoms with Crippen LogP contribution in [0.15, 0.2) is 48.9 Å². The Kier molecular flexibility index (Phi) is 30.8. The molecular formula is C53H99N3O3. The van der Waals surface area contributed by atoms with Crippen molar-refractivity contribution >= 4 is 11.8 Å². The van der Waals surface area contributed by atoms with E-state index in [4.69, 9.17) is 11.2 Å². The predicted octanol–water partition coefficient (Wildman–Crippen LogP) is 14.7. The van der Waals surface area contributed by atoms with Crippen LogP contribution in [0.3, 0.4) is 0 Å². The highest BCUT2D eigenvalue weighted by atomic mass is 16.5. The van der Waals surface area contributed by atoms with Crippen LogP contribution in [-0.4, -0.2) is 48.0 Å². The number of fused-ring (bicyclic) bond motifs is 1. The summed E-state index contributed by atoms with van der Waals surface area (Å²) in [5.41, 5.74) is 3.08. The van der Waals surface area contributed by atoms with E-state index in [9.17, 15) is 9.59 Å². The molecule has 1 heterocycles. The first-order chi connectivity index (χ1) is 27.3. The van der Waals surface area contributed by atoms with Crippen molar-refractivity contribution in [3.8, 4) is 12.3 Å². The lowest BCUT2D eigenvalue weighted by atomic mass is 9.69. The second kappa shape index (κ2) is 30.1. The average molecular weight is 826 g/mol. The number of carbonyl (C=O) groups is 2. The van der Waals surface area contributed by atoms with E-state index in [0.29, 0.717) is 53.6 Å². The van der Waals surface area contributed by atoms with Gasteiger partial charge in [0.25, 0.3) is 0 Å². The number of urea groups is 1. The molecular weight excluding hydrogens is 727 g/mol. The molecule has 1 saturated heterocycles. The second-order valence-electron chi connectivity index (χ2n) is 19.6. The minimum Gasteiger partial charge on any atom is -0.497 e. The Hall–Kier alpha value is -2.94. The Morgan fingerprint density at radius 1 is 0.881 bits per heavy atom. The van der Waals surface area contributed by atoms with Gasteiger partial charge in [0.15, 0.2) is 5.78 Å². The van der Waals surface area contributed by atoms with Crippen LogP contribution in [-0.2, 0) is 9.53 Å². The van der Waals surface area contributed by atoms with E-state index in [2.05, 4.69) is 131 Å². The summed E-state index contributed by atoms with van der Waals surface area (Å²) in [4.78, 5) is 27.1. The first kappa shape index (κ1) is 60.4. The van der Waals surface area contributed by atoms with Crippen molar-refractivity contribution in [2.45, 2.75) is 214 Å². The fourth-order valence-electron chi connectivity index (χ4n) is 7.61. The summed E-state index contributed by atoms with van der Waals surface area (Å²) < 4.78 is 5.71. The monoisotopic (exact) mass is 826 g/mol. The summed E-state index contributed by atoms with van der Waals surface area (Å²) in [6.45, 7) is 57.9. The zero-order valence-corrected chi connectivity index (χ0v) is 42.6. The number of carbonyl (C=O) groups excluding carboxylic acids is 2. The van der Waals surface area contributed by atoms with Crippen LogP contribution >= 0.6 is 0 Å². The van der Waals surface area contributed by atoms with Crippen LogP contribution < -0.4 is 10.6 Å². The summed E-state index contributed by atoms with van der Waals surface area (Å²) in [5.74, 6) is 5.88. The molecule has 6 nitrogen and oxygen atoms in total. The van der Waals surface area contributed by atoms with Gasteiger partial charge in [-0.05, 0) is 85.5 Å². The number of hydrogen-bond donors (Lipinski definition) is 2. The smallest absolute Gasteiger partial charge is 0.315 e. The standard InChI is InChI=1S/C30H51N3O2.C11H16O.2C4H10.2C2H6/c1-19(2)25-24-22(29(24,9)10)17-33(25)21(5)26(30(11)15-13-12-14-16-30)32-27(34)31-23(28(6,7)8)18-35-20(3)4;1-5-6-7-10(4)8-11(12)9(2)3;1-4(2)3;1-3-4-2;2*1-2/h22-26H,1,3,5,12-18H2,2,4,6-11H3,(H2,31,32,34);1,10H,2,6-8H2,3-4H3;4H,1-3H3;3-4H2,1-2H3;2*1-2H3/t22-,23?,24-,25?,26?;;;;;/m0...../s1. The molecule has 0 radical (unpaired) electrons. The van der Waals surface area contributed by atoms with Crippen LogP contribution in [0.4, 0.5) is 4.79 Å². The molecule has 6 heteroatoms. The number of piperidine rings is 1. The Bertz CT molecular complexity index is 1280. The lowest BCUT2D eigenvalue weighted by Gasteiger charge is -2.46. The highest BCUT2D eigenvalue weighted by Gasteiger charge is 2.67. The van der Waals surface area contributed by atoms with Crippen molar-refractivity contribution in [1.82, 2.24) is 15.5 Å². The number of Topliss-reactive ketones (excluding diaryl/α,β-unsaturated/α-hetero) is 1. The molecule has 59 heavy (non-hydrogen) atoms. The fourth-order valence-corrected chi connectivity index (χ4v) is 7.61. The van der Waals surface area contributed by atoms with Gasteiger partial charge in [-0.15, -0.1) is 12.3 Å². The molecule has 344 valence electrons.